The molecule has 76 valence electrons. The van der Waals surface area contributed by atoms with E-state index in [9.17, 15) is 0 Å². The van der Waals surface area contributed by atoms with Crippen LogP contribution in [0.3, 0.4) is 0 Å². The summed E-state index contributed by atoms with van der Waals surface area (Å²) in [5.74, 6) is 0.970. The van der Waals surface area contributed by atoms with Crippen LogP contribution in [0.1, 0.15) is 32.6 Å². The Morgan fingerprint density at radius 3 is 2.23 bits per heavy atom. The normalized spacial score (nSPS) is 29.3. The maximum Gasteiger partial charge on any atom is 0.0119 e. The predicted molar refractivity (Wildman–Crippen MR) is 55.9 cm³/mol. The summed E-state index contributed by atoms with van der Waals surface area (Å²) in [5, 5.41) is 3.44. The lowest BCUT2D eigenvalue weighted by molar-refractivity contribution is 0.115. The van der Waals surface area contributed by atoms with E-state index < -0.39 is 0 Å². The van der Waals surface area contributed by atoms with Gasteiger partial charge in [0.1, 0.15) is 0 Å². The molecule has 0 atom stereocenters. The Morgan fingerprint density at radius 1 is 1.00 bits per heavy atom. The van der Waals surface area contributed by atoms with E-state index in [2.05, 4.69) is 17.1 Å². The van der Waals surface area contributed by atoms with Crippen LogP contribution in [0.2, 0.25) is 0 Å². The molecule has 0 amide bonds. The average molecular weight is 182 g/mol. The fourth-order valence-corrected chi connectivity index (χ4v) is 2.57. The molecule has 0 bridgehead atoms. The SMILES string of the molecule is CC1CCN(C2CCNCC2)CC1. The van der Waals surface area contributed by atoms with Crippen molar-refractivity contribution in [2.24, 2.45) is 5.92 Å². The lowest BCUT2D eigenvalue weighted by atomic mass is 9.95. The highest BCUT2D eigenvalue weighted by atomic mass is 15.2. The van der Waals surface area contributed by atoms with Crippen molar-refractivity contribution in [3.63, 3.8) is 0 Å². The van der Waals surface area contributed by atoms with Crippen LogP contribution >= 0.6 is 0 Å². The zero-order valence-corrected chi connectivity index (χ0v) is 8.76. The van der Waals surface area contributed by atoms with Crippen LogP contribution in [-0.2, 0) is 0 Å². The fourth-order valence-electron chi connectivity index (χ4n) is 2.57. The maximum absolute atomic E-state index is 3.44. The van der Waals surface area contributed by atoms with Gasteiger partial charge < -0.3 is 10.2 Å². The number of nitrogens with one attached hydrogen (secondary N) is 1. The number of hydrogen-bond donors (Lipinski definition) is 1. The van der Waals surface area contributed by atoms with Gasteiger partial charge in [-0.3, -0.25) is 0 Å². The molecule has 2 aliphatic rings. The van der Waals surface area contributed by atoms with Crippen molar-refractivity contribution in [2.75, 3.05) is 26.2 Å². The highest BCUT2D eigenvalue weighted by molar-refractivity contribution is 4.80. The molecule has 2 aliphatic heterocycles. The van der Waals surface area contributed by atoms with Crippen molar-refractivity contribution >= 4 is 0 Å². The van der Waals surface area contributed by atoms with Crippen LogP contribution in [0.25, 0.3) is 0 Å². The third-order valence-electron chi connectivity index (χ3n) is 3.64. The Labute approximate surface area is 81.7 Å². The molecule has 2 saturated heterocycles. The monoisotopic (exact) mass is 182 g/mol. The summed E-state index contributed by atoms with van der Waals surface area (Å²) >= 11 is 0. The van der Waals surface area contributed by atoms with Gasteiger partial charge in [-0.25, -0.2) is 0 Å². The molecule has 1 N–H and O–H groups in total. The first-order chi connectivity index (χ1) is 6.36. The molecule has 0 aromatic rings. The maximum atomic E-state index is 3.44. The number of piperidine rings is 2. The second kappa shape index (κ2) is 4.43. The number of nitrogens with zero attached hydrogens (tertiary/aromatic N) is 1. The minimum atomic E-state index is 0.897. The van der Waals surface area contributed by atoms with Gasteiger partial charge in [0.15, 0.2) is 0 Å². The Kier molecular flexibility index (Phi) is 3.23. The van der Waals surface area contributed by atoms with Crippen LogP contribution in [0.4, 0.5) is 0 Å². The van der Waals surface area contributed by atoms with Gasteiger partial charge in [0, 0.05) is 6.04 Å². The lowest BCUT2D eigenvalue weighted by Gasteiger charge is -2.38. The number of likely N-dealkylation sites (tertiary alicyclic amines) is 1. The fraction of sp³-hybridized carbons (Fsp3) is 1.00. The molecule has 0 saturated carbocycles. The molecule has 2 heteroatoms. The smallest absolute Gasteiger partial charge is 0.0119 e. The highest BCUT2D eigenvalue weighted by Gasteiger charge is 2.24. The van der Waals surface area contributed by atoms with Crippen molar-refractivity contribution in [1.82, 2.24) is 10.2 Å². The number of hydrogen-bond acceptors (Lipinski definition) is 2. The van der Waals surface area contributed by atoms with Crippen molar-refractivity contribution < 1.29 is 0 Å². The van der Waals surface area contributed by atoms with Gasteiger partial charge in [-0.05, 0) is 57.8 Å². The molecule has 0 aromatic carbocycles. The third-order valence-corrected chi connectivity index (χ3v) is 3.64. The van der Waals surface area contributed by atoms with E-state index in [1.54, 1.807) is 0 Å². The Balaban J connectivity index is 1.79. The first kappa shape index (κ1) is 9.47. The molecule has 2 heterocycles. The Hall–Kier alpha value is -0.0800. The summed E-state index contributed by atoms with van der Waals surface area (Å²) in [7, 11) is 0. The molecule has 2 rings (SSSR count). The minimum Gasteiger partial charge on any atom is -0.317 e. The van der Waals surface area contributed by atoms with Gasteiger partial charge in [-0.1, -0.05) is 6.92 Å². The second-order valence-electron chi connectivity index (χ2n) is 4.70. The minimum absolute atomic E-state index is 0.897. The molecule has 0 spiro atoms. The van der Waals surface area contributed by atoms with Crippen LogP contribution in [-0.4, -0.2) is 37.1 Å². The summed E-state index contributed by atoms with van der Waals surface area (Å²) in [6, 6.07) is 0.897. The van der Waals surface area contributed by atoms with Crippen LogP contribution < -0.4 is 5.32 Å². The summed E-state index contributed by atoms with van der Waals surface area (Å²) < 4.78 is 0. The van der Waals surface area contributed by atoms with Gasteiger partial charge in [0.2, 0.25) is 0 Å². The van der Waals surface area contributed by atoms with Gasteiger partial charge in [0.25, 0.3) is 0 Å². The van der Waals surface area contributed by atoms with Gasteiger partial charge in [-0.2, -0.15) is 0 Å². The average Bonchev–Trinajstić information content (AvgIpc) is 2.20. The van der Waals surface area contributed by atoms with Crippen molar-refractivity contribution in [3.05, 3.63) is 0 Å². The largest absolute Gasteiger partial charge is 0.317 e. The molecular weight excluding hydrogens is 160 g/mol. The van der Waals surface area contributed by atoms with E-state index in [1.807, 2.05) is 0 Å². The molecule has 2 nitrogen and oxygen atoms in total. The Morgan fingerprint density at radius 2 is 1.62 bits per heavy atom. The second-order valence-corrected chi connectivity index (χ2v) is 4.70. The van der Waals surface area contributed by atoms with E-state index in [0.29, 0.717) is 0 Å². The first-order valence-electron chi connectivity index (χ1n) is 5.81. The van der Waals surface area contributed by atoms with Crippen molar-refractivity contribution in [2.45, 2.75) is 38.6 Å². The molecule has 0 aliphatic carbocycles. The van der Waals surface area contributed by atoms with E-state index >= 15 is 0 Å². The zero-order valence-electron chi connectivity index (χ0n) is 8.76. The summed E-state index contributed by atoms with van der Waals surface area (Å²) in [6.45, 7) is 7.56. The third kappa shape index (κ3) is 2.44. The lowest BCUT2D eigenvalue weighted by Crippen LogP contribution is -2.46. The van der Waals surface area contributed by atoms with Crippen LogP contribution in [0.15, 0.2) is 0 Å². The number of rotatable bonds is 1. The summed E-state index contributed by atoms with van der Waals surface area (Å²) in [4.78, 5) is 2.72. The summed E-state index contributed by atoms with van der Waals surface area (Å²) in [5.41, 5.74) is 0. The quantitative estimate of drug-likeness (QED) is 0.660. The highest BCUT2D eigenvalue weighted by Crippen LogP contribution is 2.21. The standard InChI is InChI=1S/C11H22N2/c1-10-4-8-13(9-5-10)11-2-6-12-7-3-11/h10-12H,2-9H2,1H3. The van der Waals surface area contributed by atoms with E-state index in [0.717, 1.165) is 12.0 Å². The van der Waals surface area contributed by atoms with E-state index in [1.165, 1.54) is 51.9 Å². The molecular formula is C11H22N2. The van der Waals surface area contributed by atoms with E-state index in [-0.39, 0.29) is 0 Å². The molecule has 0 radical (unpaired) electrons. The van der Waals surface area contributed by atoms with Gasteiger partial charge in [-0.15, -0.1) is 0 Å². The Bertz CT molecular complexity index is 144. The first-order valence-corrected chi connectivity index (χ1v) is 5.81. The topological polar surface area (TPSA) is 15.3 Å². The van der Waals surface area contributed by atoms with Crippen molar-refractivity contribution in [1.29, 1.82) is 0 Å². The van der Waals surface area contributed by atoms with Crippen molar-refractivity contribution in [3.8, 4) is 0 Å². The van der Waals surface area contributed by atoms with Crippen LogP contribution in [0.5, 0.6) is 0 Å². The van der Waals surface area contributed by atoms with Gasteiger partial charge >= 0.3 is 0 Å². The van der Waals surface area contributed by atoms with E-state index in [4.69, 9.17) is 0 Å². The molecule has 0 aromatic heterocycles. The summed E-state index contributed by atoms with van der Waals surface area (Å²) in [6.07, 6.45) is 5.58. The van der Waals surface area contributed by atoms with Crippen LogP contribution in [0, 0.1) is 5.92 Å². The molecule has 0 unspecified atom stereocenters. The predicted octanol–water partition coefficient (Wildman–Crippen LogP) is 1.47. The molecule has 13 heavy (non-hydrogen) atoms. The zero-order chi connectivity index (χ0) is 9.10. The van der Waals surface area contributed by atoms with Gasteiger partial charge in [0.05, 0.1) is 0 Å². The molecule has 2 fully saturated rings.